The molecule has 0 aliphatic carbocycles. The van der Waals surface area contributed by atoms with Gasteiger partial charge in [-0.15, -0.1) is 0 Å². The number of carboxylic acid groups (broad SMARTS) is 1. The highest BCUT2D eigenvalue weighted by molar-refractivity contribution is 5.94. The summed E-state index contributed by atoms with van der Waals surface area (Å²) in [6, 6.07) is 4.93. The molecule has 0 aromatic heterocycles. The maximum atomic E-state index is 10.8. The fourth-order valence-electron chi connectivity index (χ4n) is 1.54. The Labute approximate surface area is 107 Å². The Hall–Kier alpha value is -1.75. The lowest BCUT2D eigenvalue weighted by Crippen LogP contribution is -2.24. The average Bonchev–Trinajstić information content (AvgIpc) is 2.27. The van der Waals surface area contributed by atoms with Crippen LogP contribution >= 0.6 is 0 Å². The Morgan fingerprint density at radius 3 is 2.67 bits per heavy atom. The molecular formula is C13H20N2O3. The number of carboxylic acids is 1. The van der Waals surface area contributed by atoms with Crippen molar-refractivity contribution >= 4 is 17.3 Å². The summed E-state index contributed by atoms with van der Waals surface area (Å²) in [7, 11) is 1.92. The summed E-state index contributed by atoms with van der Waals surface area (Å²) >= 11 is 0. The smallest absolute Gasteiger partial charge is 0.337 e. The van der Waals surface area contributed by atoms with Gasteiger partial charge in [-0.25, -0.2) is 4.79 Å². The Kier molecular flexibility index (Phi) is 4.97. The lowest BCUT2D eigenvalue weighted by Gasteiger charge is -2.20. The Morgan fingerprint density at radius 1 is 1.50 bits per heavy atom. The summed E-state index contributed by atoms with van der Waals surface area (Å²) in [6.45, 7) is 5.32. The van der Waals surface area contributed by atoms with Gasteiger partial charge in [-0.05, 0) is 32.0 Å². The van der Waals surface area contributed by atoms with Crippen LogP contribution < -0.4 is 10.6 Å². The largest absolute Gasteiger partial charge is 0.478 e. The molecule has 1 aromatic rings. The first-order valence-electron chi connectivity index (χ1n) is 5.87. The van der Waals surface area contributed by atoms with Crippen LogP contribution in [0.25, 0.3) is 0 Å². The van der Waals surface area contributed by atoms with Gasteiger partial charge in [0.25, 0.3) is 0 Å². The second kappa shape index (κ2) is 6.26. The Bertz CT molecular complexity index is 419. The Balaban J connectivity index is 2.66. The molecule has 0 aliphatic rings. The van der Waals surface area contributed by atoms with Crippen molar-refractivity contribution in [2.24, 2.45) is 0 Å². The molecule has 0 radical (unpaired) electrons. The SMILES string of the molecule is CC(C)OCCN(C)c1ccc(C(=O)O)c(N)c1. The number of nitrogens with zero attached hydrogens (tertiary/aromatic N) is 1. The highest BCUT2D eigenvalue weighted by atomic mass is 16.5. The number of likely N-dealkylation sites (N-methyl/N-ethyl adjacent to an activating group) is 1. The highest BCUT2D eigenvalue weighted by Crippen LogP contribution is 2.20. The van der Waals surface area contributed by atoms with Crippen LogP contribution in [0, 0.1) is 0 Å². The minimum absolute atomic E-state index is 0.130. The number of anilines is 2. The number of ether oxygens (including phenoxy) is 1. The molecule has 1 rings (SSSR count). The van der Waals surface area contributed by atoms with Gasteiger partial charge in [0.2, 0.25) is 0 Å². The van der Waals surface area contributed by atoms with Crippen LogP contribution in [0.5, 0.6) is 0 Å². The minimum atomic E-state index is -1.01. The summed E-state index contributed by atoms with van der Waals surface area (Å²) in [4.78, 5) is 12.8. The summed E-state index contributed by atoms with van der Waals surface area (Å²) in [6.07, 6.45) is 0.206. The van der Waals surface area contributed by atoms with Crippen LogP contribution in [0.1, 0.15) is 24.2 Å². The molecule has 0 saturated carbocycles. The average molecular weight is 252 g/mol. The normalized spacial score (nSPS) is 10.7. The van der Waals surface area contributed by atoms with Crippen molar-refractivity contribution in [3.8, 4) is 0 Å². The number of nitrogen functional groups attached to an aromatic ring is 1. The van der Waals surface area contributed by atoms with E-state index in [1.165, 1.54) is 6.07 Å². The van der Waals surface area contributed by atoms with Crippen LogP contribution in [-0.2, 0) is 4.74 Å². The third-order valence-corrected chi connectivity index (χ3v) is 2.58. The monoisotopic (exact) mass is 252 g/mol. The fourth-order valence-corrected chi connectivity index (χ4v) is 1.54. The molecule has 0 aliphatic heterocycles. The van der Waals surface area contributed by atoms with Crippen molar-refractivity contribution in [3.05, 3.63) is 23.8 Å². The van der Waals surface area contributed by atoms with E-state index in [1.807, 2.05) is 25.8 Å². The van der Waals surface area contributed by atoms with Gasteiger partial charge >= 0.3 is 5.97 Å². The molecule has 1 aromatic carbocycles. The van der Waals surface area contributed by atoms with Crippen LogP contribution in [0.4, 0.5) is 11.4 Å². The van der Waals surface area contributed by atoms with Crippen molar-refractivity contribution < 1.29 is 14.6 Å². The highest BCUT2D eigenvalue weighted by Gasteiger charge is 2.09. The maximum Gasteiger partial charge on any atom is 0.337 e. The molecule has 0 amide bonds. The number of hydrogen-bond acceptors (Lipinski definition) is 4. The van der Waals surface area contributed by atoms with E-state index in [-0.39, 0.29) is 17.4 Å². The molecule has 0 unspecified atom stereocenters. The fraction of sp³-hybridized carbons (Fsp3) is 0.462. The molecule has 5 heteroatoms. The number of rotatable bonds is 6. The van der Waals surface area contributed by atoms with Crippen LogP contribution in [-0.4, -0.2) is 37.4 Å². The standard InChI is InChI=1S/C13H20N2O3/c1-9(2)18-7-6-15(3)10-4-5-11(13(16)17)12(14)8-10/h4-5,8-9H,6-7,14H2,1-3H3,(H,16,17). The van der Waals surface area contributed by atoms with Crippen molar-refractivity contribution in [1.29, 1.82) is 0 Å². The van der Waals surface area contributed by atoms with Crippen molar-refractivity contribution in [2.45, 2.75) is 20.0 Å². The van der Waals surface area contributed by atoms with Crippen molar-refractivity contribution in [2.75, 3.05) is 30.8 Å². The van der Waals surface area contributed by atoms with E-state index in [4.69, 9.17) is 15.6 Å². The molecule has 18 heavy (non-hydrogen) atoms. The first kappa shape index (κ1) is 14.3. The lowest BCUT2D eigenvalue weighted by atomic mass is 10.1. The van der Waals surface area contributed by atoms with Gasteiger partial charge < -0.3 is 20.5 Å². The molecule has 5 nitrogen and oxygen atoms in total. The summed E-state index contributed by atoms with van der Waals surface area (Å²) in [5, 5.41) is 8.88. The number of hydrogen-bond donors (Lipinski definition) is 2. The number of aromatic carboxylic acids is 1. The molecule has 0 fully saturated rings. The second-order valence-electron chi connectivity index (χ2n) is 4.42. The molecule has 0 spiro atoms. The van der Waals surface area contributed by atoms with Crippen LogP contribution in [0.2, 0.25) is 0 Å². The third kappa shape index (κ3) is 3.92. The molecular weight excluding hydrogens is 232 g/mol. The zero-order valence-corrected chi connectivity index (χ0v) is 11.0. The van der Waals surface area contributed by atoms with E-state index in [1.54, 1.807) is 12.1 Å². The van der Waals surface area contributed by atoms with Crippen LogP contribution in [0.3, 0.4) is 0 Å². The molecule has 0 heterocycles. The first-order valence-corrected chi connectivity index (χ1v) is 5.87. The number of nitrogens with two attached hydrogens (primary N) is 1. The number of carbonyl (C=O) groups is 1. The van der Waals surface area contributed by atoms with Gasteiger partial charge in [-0.3, -0.25) is 0 Å². The lowest BCUT2D eigenvalue weighted by molar-refractivity contribution is 0.0698. The van der Waals surface area contributed by atoms with Crippen molar-refractivity contribution in [1.82, 2.24) is 0 Å². The van der Waals surface area contributed by atoms with Gasteiger partial charge in [0, 0.05) is 25.0 Å². The van der Waals surface area contributed by atoms with E-state index in [9.17, 15) is 4.79 Å². The molecule has 100 valence electrons. The van der Waals surface area contributed by atoms with Gasteiger partial charge in [-0.1, -0.05) is 0 Å². The summed E-state index contributed by atoms with van der Waals surface area (Å²) in [5.74, 6) is -1.01. The predicted octanol–water partition coefficient (Wildman–Crippen LogP) is 1.83. The molecule has 0 saturated heterocycles. The van der Waals surface area contributed by atoms with E-state index >= 15 is 0 Å². The first-order chi connectivity index (χ1) is 8.41. The molecule has 0 bridgehead atoms. The number of benzene rings is 1. The summed E-state index contributed by atoms with van der Waals surface area (Å²) in [5.41, 5.74) is 6.98. The van der Waals surface area contributed by atoms with E-state index in [2.05, 4.69) is 0 Å². The van der Waals surface area contributed by atoms with E-state index in [0.717, 1.165) is 12.2 Å². The topological polar surface area (TPSA) is 75.8 Å². The summed E-state index contributed by atoms with van der Waals surface area (Å²) < 4.78 is 5.46. The van der Waals surface area contributed by atoms with Gasteiger partial charge in [0.05, 0.1) is 18.3 Å². The quantitative estimate of drug-likeness (QED) is 0.755. The van der Waals surface area contributed by atoms with Gasteiger partial charge in [-0.2, -0.15) is 0 Å². The van der Waals surface area contributed by atoms with Gasteiger partial charge in [0.1, 0.15) is 0 Å². The molecule has 3 N–H and O–H groups in total. The van der Waals surface area contributed by atoms with Gasteiger partial charge in [0.15, 0.2) is 0 Å². The molecule has 0 atom stereocenters. The minimum Gasteiger partial charge on any atom is -0.478 e. The van der Waals surface area contributed by atoms with Crippen LogP contribution in [0.15, 0.2) is 18.2 Å². The van der Waals surface area contributed by atoms with Crippen molar-refractivity contribution in [3.63, 3.8) is 0 Å². The third-order valence-electron chi connectivity index (χ3n) is 2.58. The zero-order chi connectivity index (χ0) is 13.7. The zero-order valence-electron chi connectivity index (χ0n) is 11.0. The Morgan fingerprint density at radius 2 is 2.17 bits per heavy atom. The maximum absolute atomic E-state index is 10.8. The predicted molar refractivity (Wildman–Crippen MR) is 72.2 cm³/mol. The second-order valence-corrected chi connectivity index (χ2v) is 4.42. The van der Waals surface area contributed by atoms with E-state index in [0.29, 0.717) is 6.61 Å². The van der Waals surface area contributed by atoms with E-state index < -0.39 is 5.97 Å².